The first kappa shape index (κ1) is 9.51. The molecule has 0 N–H and O–H groups in total. The summed E-state index contributed by atoms with van der Waals surface area (Å²) >= 11 is 0. The summed E-state index contributed by atoms with van der Waals surface area (Å²) in [5.74, 6) is 0.745. The van der Waals surface area contributed by atoms with Gasteiger partial charge in [0, 0.05) is 0 Å². The summed E-state index contributed by atoms with van der Waals surface area (Å²) in [5.41, 5.74) is 5.85. The molecule has 0 bridgehead atoms. The second-order valence-corrected chi connectivity index (χ2v) is 4.32. The fourth-order valence-electron chi connectivity index (χ4n) is 2.31. The van der Waals surface area contributed by atoms with E-state index in [0.29, 0.717) is 0 Å². The van der Waals surface area contributed by atoms with E-state index in [1.807, 2.05) is 0 Å². The van der Waals surface area contributed by atoms with Crippen molar-refractivity contribution in [3.8, 4) is 0 Å². The second-order valence-electron chi connectivity index (χ2n) is 4.32. The van der Waals surface area contributed by atoms with Gasteiger partial charge in [-0.05, 0) is 49.3 Å². The maximum atomic E-state index is 2.38. The minimum atomic E-state index is 0.745. The Hall–Kier alpha value is -1.04. The summed E-state index contributed by atoms with van der Waals surface area (Å²) in [6, 6.07) is 6.87. The van der Waals surface area contributed by atoms with Gasteiger partial charge in [-0.3, -0.25) is 0 Å². The van der Waals surface area contributed by atoms with Crippen LogP contribution in [-0.2, 0) is 0 Å². The summed E-state index contributed by atoms with van der Waals surface area (Å²) in [7, 11) is 0. The molecule has 1 aromatic carbocycles. The molecule has 0 saturated heterocycles. The van der Waals surface area contributed by atoms with Gasteiger partial charge in [0.2, 0.25) is 0 Å². The summed E-state index contributed by atoms with van der Waals surface area (Å²) in [6.07, 6.45) is 4.86. The number of hydrogen-bond acceptors (Lipinski definition) is 0. The minimum absolute atomic E-state index is 0.745. The van der Waals surface area contributed by atoms with E-state index < -0.39 is 0 Å². The van der Waals surface area contributed by atoms with E-state index in [-0.39, 0.29) is 0 Å². The van der Waals surface area contributed by atoms with Crippen LogP contribution in [-0.4, -0.2) is 0 Å². The molecule has 0 aliphatic heterocycles. The lowest BCUT2D eigenvalue weighted by molar-refractivity contribution is 0.665. The highest BCUT2D eigenvalue weighted by atomic mass is 14.2. The molecule has 2 rings (SSSR count). The van der Waals surface area contributed by atoms with Crippen molar-refractivity contribution >= 4 is 5.57 Å². The lowest BCUT2D eigenvalue weighted by Gasteiger charge is -2.23. The van der Waals surface area contributed by atoms with Gasteiger partial charge in [-0.15, -0.1) is 0 Å². The largest absolute Gasteiger partial charge is 0.0804 e. The Kier molecular flexibility index (Phi) is 2.45. The Bertz CT molecular complexity index is 372. The van der Waals surface area contributed by atoms with E-state index in [4.69, 9.17) is 0 Å². The van der Waals surface area contributed by atoms with E-state index in [1.54, 1.807) is 5.56 Å². The van der Waals surface area contributed by atoms with Crippen molar-refractivity contribution in [2.24, 2.45) is 0 Å². The first-order valence-electron chi connectivity index (χ1n) is 5.50. The Labute approximate surface area is 86.7 Å². The van der Waals surface area contributed by atoms with Crippen LogP contribution in [0.1, 0.15) is 49.3 Å². The molecule has 1 aliphatic carbocycles. The van der Waals surface area contributed by atoms with E-state index in [9.17, 15) is 0 Å². The van der Waals surface area contributed by atoms with Crippen molar-refractivity contribution in [1.29, 1.82) is 0 Å². The highest BCUT2D eigenvalue weighted by molar-refractivity contribution is 5.69. The highest BCUT2D eigenvalue weighted by Gasteiger charge is 2.17. The number of hydrogen-bond donors (Lipinski definition) is 0. The molecular weight excluding hydrogens is 168 g/mol. The zero-order valence-corrected chi connectivity index (χ0v) is 9.30. The average Bonchev–Trinajstić information content (AvgIpc) is 2.19. The third-order valence-corrected chi connectivity index (χ3v) is 3.27. The predicted octanol–water partition coefficient (Wildman–Crippen LogP) is 4.30. The molecule has 0 spiro atoms. The predicted molar refractivity (Wildman–Crippen MR) is 62.5 cm³/mol. The van der Waals surface area contributed by atoms with Crippen LogP contribution in [0.15, 0.2) is 24.3 Å². The first-order chi connectivity index (χ1) is 6.72. The summed E-state index contributed by atoms with van der Waals surface area (Å²) < 4.78 is 0. The topological polar surface area (TPSA) is 0 Å². The third-order valence-electron chi connectivity index (χ3n) is 3.27. The summed E-state index contributed by atoms with van der Waals surface area (Å²) in [5, 5.41) is 0. The van der Waals surface area contributed by atoms with Crippen molar-refractivity contribution < 1.29 is 0 Å². The maximum absolute atomic E-state index is 2.38. The lowest BCUT2D eigenvalue weighted by atomic mass is 9.81. The van der Waals surface area contributed by atoms with Crippen LogP contribution >= 0.6 is 0 Å². The van der Waals surface area contributed by atoms with Crippen molar-refractivity contribution in [2.45, 2.75) is 39.5 Å². The summed E-state index contributed by atoms with van der Waals surface area (Å²) in [6.45, 7) is 6.68. The average molecular weight is 186 g/mol. The zero-order chi connectivity index (χ0) is 10.1. The Morgan fingerprint density at radius 3 is 2.79 bits per heavy atom. The molecule has 0 aromatic heterocycles. The van der Waals surface area contributed by atoms with Gasteiger partial charge in [-0.1, -0.05) is 36.8 Å². The van der Waals surface area contributed by atoms with Gasteiger partial charge >= 0.3 is 0 Å². The fourth-order valence-corrected chi connectivity index (χ4v) is 2.31. The molecule has 0 nitrogen and oxygen atoms in total. The van der Waals surface area contributed by atoms with Gasteiger partial charge < -0.3 is 0 Å². The van der Waals surface area contributed by atoms with Gasteiger partial charge in [0.05, 0.1) is 0 Å². The molecular formula is C14H18. The van der Waals surface area contributed by atoms with Gasteiger partial charge in [0.15, 0.2) is 0 Å². The quantitative estimate of drug-likeness (QED) is 0.613. The molecule has 0 fully saturated rings. The van der Waals surface area contributed by atoms with Crippen molar-refractivity contribution in [3.05, 3.63) is 41.0 Å². The van der Waals surface area contributed by atoms with Crippen molar-refractivity contribution in [1.82, 2.24) is 0 Å². The monoisotopic (exact) mass is 186 g/mol. The smallest absolute Gasteiger partial charge is 0.0124 e. The molecule has 1 atom stereocenters. The molecule has 1 aromatic rings. The number of benzene rings is 1. The molecule has 1 unspecified atom stereocenters. The third kappa shape index (κ3) is 1.50. The van der Waals surface area contributed by atoms with E-state index in [1.165, 1.54) is 29.5 Å². The zero-order valence-electron chi connectivity index (χ0n) is 9.30. The number of fused-ring (bicyclic) bond motifs is 1. The van der Waals surface area contributed by atoms with Gasteiger partial charge in [0.25, 0.3) is 0 Å². The van der Waals surface area contributed by atoms with Crippen LogP contribution in [0.2, 0.25) is 0 Å². The Balaban J connectivity index is 2.53. The molecule has 1 aliphatic rings. The maximum Gasteiger partial charge on any atom is -0.0124 e. The van der Waals surface area contributed by atoms with E-state index in [0.717, 1.165) is 5.92 Å². The Morgan fingerprint density at radius 2 is 2.07 bits per heavy atom. The molecule has 0 amide bonds. The Morgan fingerprint density at radius 1 is 1.29 bits per heavy atom. The highest BCUT2D eigenvalue weighted by Crippen LogP contribution is 2.36. The van der Waals surface area contributed by atoms with Crippen LogP contribution in [0.3, 0.4) is 0 Å². The van der Waals surface area contributed by atoms with Gasteiger partial charge in [-0.25, -0.2) is 0 Å². The number of allylic oxidation sites excluding steroid dienone is 2. The minimum Gasteiger partial charge on any atom is -0.0804 e. The lowest BCUT2D eigenvalue weighted by Crippen LogP contribution is -2.05. The first-order valence-corrected chi connectivity index (χ1v) is 5.50. The second kappa shape index (κ2) is 3.61. The van der Waals surface area contributed by atoms with Crippen LogP contribution < -0.4 is 0 Å². The van der Waals surface area contributed by atoms with Crippen LogP contribution in [0, 0.1) is 6.92 Å². The SMILES string of the molecule is CCC1CC=C(C)c2cc(C)ccc21. The molecule has 14 heavy (non-hydrogen) atoms. The van der Waals surface area contributed by atoms with Crippen LogP contribution in [0.4, 0.5) is 0 Å². The number of aryl methyl sites for hydroxylation is 1. The molecule has 0 saturated carbocycles. The van der Waals surface area contributed by atoms with Crippen molar-refractivity contribution in [2.75, 3.05) is 0 Å². The van der Waals surface area contributed by atoms with E-state index >= 15 is 0 Å². The standard InChI is InChI=1S/C14H18/c1-4-12-7-6-11(3)14-9-10(2)5-8-13(12)14/h5-6,8-9,12H,4,7H2,1-3H3. The van der Waals surface area contributed by atoms with Gasteiger partial charge in [0.1, 0.15) is 0 Å². The van der Waals surface area contributed by atoms with Crippen molar-refractivity contribution in [3.63, 3.8) is 0 Å². The normalized spacial score (nSPS) is 20.2. The summed E-state index contributed by atoms with van der Waals surface area (Å²) in [4.78, 5) is 0. The fraction of sp³-hybridized carbons (Fsp3) is 0.429. The van der Waals surface area contributed by atoms with Crippen LogP contribution in [0.25, 0.3) is 5.57 Å². The molecule has 0 radical (unpaired) electrons. The van der Waals surface area contributed by atoms with Crippen LogP contribution in [0.5, 0.6) is 0 Å². The number of rotatable bonds is 1. The van der Waals surface area contributed by atoms with E-state index in [2.05, 4.69) is 45.0 Å². The molecule has 0 heterocycles. The van der Waals surface area contributed by atoms with Gasteiger partial charge in [-0.2, -0.15) is 0 Å². The molecule has 74 valence electrons. The molecule has 0 heteroatoms.